The Labute approximate surface area is 114 Å². The molecule has 0 unspecified atom stereocenters. The Hall–Kier alpha value is -0.940. The highest BCUT2D eigenvalue weighted by Crippen LogP contribution is 2.31. The van der Waals surface area contributed by atoms with Crippen LogP contribution >= 0.6 is 0 Å². The van der Waals surface area contributed by atoms with Crippen molar-refractivity contribution < 1.29 is 9.52 Å². The van der Waals surface area contributed by atoms with Gasteiger partial charge in [-0.2, -0.15) is 0 Å². The number of rotatable bonds is 2. The molecule has 1 aromatic heterocycles. The fourth-order valence-electron chi connectivity index (χ4n) is 3.47. The molecule has 1 aliphatic heterocycles. The molecule has 19 heavy (non-hydrogen) atoms. The van der Waals surface area contributed by atoms with E-state index in [9.17, 15) is 5.11 Å². The van der Waals surface area contributed by atoms with Crippen LogP contribution in [0.4, 0.5) is 0 Å². The van der Waals surface area contributed by atoms with E-state index in [1.807, 2.05) is 6.92 Å². The van der Waals surface area contributed by atoms with E-state index in [1.165, 1.54) is 12.8 Å². The van der Waals surface area contributed by atoms with E-state index in [4.69, 9.17) is 4.42 Å². The van der Waals surface area contributed by atoms with Crippen molar-refractivity contribution in [2.45, 2.75) is 63.5 Å². The molecule has 1 aromatic rings. The van der Waals surface area contributed by atoms with Gasteiger partial charge in [0.2, 0.25) is 11.8 Å². The van der Waals surface area contributed by atoms with E-state index >= 15 is 0 Å². The first-order valence-electron chi connectivity index (χ1n) is 7.46. The van der Waals surface area contributed by atoms with Gasteiger partial charge in [0.1, 0.15) is 0 Å². The number of aliphatic hydroxyl groups is 1. The lowest BCUT2D eigenvalue weighted by atomic mass is 9.88. The minimum atomic E-state index is -0.129. The van der Waals surface area contributed by atoms with Crippen molar-refractivity contribution in [2.75, 3.05) is 13.1 Å². The topological polar surface area (TPSA) is 62.4 Å². The van der Waals surface area contributed by atoms with Gasteiger partial charge in [0, 0.05) is 18.9 Å². The summed E-state index contributed by atoms with van der Waals surface area (Å²) in [5, 5.41) is 18.2. The molecule has 0 bridgehead atoms. The van der Waals surface area contributed by atoms with E-state index in [0.29, 0.717) is 17.9 Å². The third-order valence-electron chi connectivity index (χ3n) is 4.58. The Morgan fingerprint density at radius 2 is 1.84 bits per heavy atom. The number of nitrogens with zero attached hydrogens (tertiary/aromatic N) is 3. The van der Waals surface area contributed by atoms with Crippen LogP contribution in [0.25, 0.3) is 0 Å². The lowest BCUT2D eigenvalue weighted by Gasteiger charge is -2.41. The molecule has 5 nitrogen and oxygen atoms in total. The molecule has 0 aromatic carbocycles. The zero-order valence-corrected chi connectivity index (χ0v) is 11.6. The summed E-state index contributed by atoms with van der Waals surface area (Å²) in [6, 6.07) is 0.374. The fourth-order valence-corrected chi connectivity index (χ4v) is 3.47. The van der Waals surface area contributed by atoms with Crippen LogP contribution in [0, 0.1) is 6.92 Å². The maximum Gasteiger partial charge on any atom is 0.219 e. The first-order chi connectivity index (χ1) is 9.24. The largest absolute Gasteiger partial charge is 0.425 e. The molecule has 1 saturated carbocycles. The lowest BCUT2D eigenvalue weighted by Crippen LogP contribution is -2.48. The summed E-state index contributed by atoms with van der Waals surface area (Å²) in [4.78, 5) is 2.46. The molecule has 1 aliphatic carbocycles. The number of hydrogen-bond donors (Lipinski definition) is 1. The number of likely N-dealkylation sites (tertiary alicyclic amines) is 1. The van der Waals surface area contributed by atoms with Gasteiger partial charge in [0.15, 0.2) is 0 Å². The Morgan fingerprint density at radius 3 is 2.47 bits per heavy atom. The summed E-state index contributed by atoms with van der Waals surface area (Å²) in [5.41, 5.74) is 0. The van der Waals surface area contributed by atoms with Crippen LogP contribution in [0.1, 0.15) is 56.2 Å². The van der Waals surface area contributed by atoms with E-state index in [0.717, 1.165) is 44.7 Å². The number of aromatic nitrogens is 2. The van der Waals surface area contributed by atoms with Crippen molar-refractivity contribution in [3.63, 3.8) is 0 Å². The highest BCUT2D eigenvalue weighted by molar-refractivity contribution is 4.96. The molecular formula is C14H23N3O2. The van der Waals surface area contributed by atoms with Crippen molar-refractivity contribution in [3.8, 4) is 0 Å². The number of piperidine rings is 1. The second-order valence-corrected chi connectivity index (χ2v) is 5.89. The number of aliphatic hydroxyl groups excluding tert-OH is 1. The van der Waals surface area contributed by atoms with Gasteiger partial charge in [0.05, 0.1) is 6.10 Å². The van der Waals surface area contributed by atoms with Gasteiger partial charge < -0.3 is 9.52 Å². The second kappa shape index (κ2) is 5.59. The van der Waals surface area contributed by atoms with Crippen molar-refractivity contribution in [1.29, 1.82) is 0 Å². The number of aryl methyl sites for hydroxylation is 1. The van der Waals surface area contributed by atoms with Gasteiger partial charge in [-0.25, -0.2) is 0 Å². The summed E-state index contributed by atoms with van der Waals surface area (Å²) in [7, 11) is 0. The molecule has 3 rings (SSSR count). The molecular weight excluding hydrogens is 242 g/mol. The average molecular weight is 265 g/mol. The maximum atomic E-state index is 10.1. The van der Waals surface area contributed by atoms with E-state index < -0.39 is 0 Å². The molecule has 2 fully saturated rings. The molecule has 2 atom stereocenters. The highest BCUT2D eigenvalue weighted by atomic mass is 16.4. The fraction of sp³-hybridized carbons (Fsp3) is 0.857. The van der Waals surface area contributed by atoms with Gasteiger partial charge >= 0.3 is 0 Å². The summed E-state index contributed by atoms with van der Waals surface area (Å²) in [6.07, 6.45) is 6.53. The summed E-state index contributed by atoms with van der Waals surface area (Å²) < 4.78 is 5.53. The zero-order valence-electron chi connectivity index (χ0n) is 11.6. The molecule has 2 heterocycles. The van der Waals surface area contributed by atoms with Gasteiger partial charge in [-0.1, -0.05) is 12.8 Å². The Kier molecular flexibility index (Phi) is 3.84. The van der Waals surface area contributed by atoms with Gasteiger partial charge in [-0.05, 0) is 38.8 Å². The molecule has 5 heteroatoms. The van der Waals surface area contributed by atoms with Crippen molar-refractivity contribution in [1.82, 2.24) is 15.1 Å². The Morgan fingerprint density at radius 1 is 1.11 bits per heavy atom. The van der Waals surface area contributed by atoms with Crippen LogP contribution in [0.3, 0.4) is 0 Å². The van der Waals surface area contributed by atoms with Gasteiger partial charge in [0.25, 0.3) is 0 Å². The smallest absolute Gasteiger partial charge is 0.219 e. The van der Waals surface area contributed by atoms with Crippen molar-refractivity contribution >= 4 is 0 Å². The Balaban J connectivity index is 1.57. The normalized spacial score (nSPS) is 30.6. The number of hydrogen-bond acceptors (Lipinski definition) is 5. The molecule has 0 spiro atoms. The van der Waals surface area contributed by atoms with Crippen molar-refractivity contribution in [2.24, 2.45) is 0 Å². The highest BCUT2D eigenvalue weighted by Gasteiger charge is 2.32. The maximum absolute atomic E-state index is 10.1. The predicted octanol–water partition coefficient (Wildman–Crippen LogP) is 1.86. The van der Waals surface area contributed by atoms with Crippen LogP contribution in [0.2, 0.25) is 0 Å². The first-order valence-corrected chi connectivity index (χ1v) is 7.46. The van der Waals surface area contributed by atoms with Crippen LogP contribution in [0.5, 0.6) is 0 Å². The third-order valence-corrected chi connectivity index (χ3v) is 4.58. The third kappa shape index (κ3) is 2.82. The van der Waals surface area contributed by atoms with Crippen LogP contribution < -0.4 is 0 Å². The minimum absolute atomic E-state index is 0.129. The van der Waals surface area contributed by atoms with Crippen molar-refractivity contribution in [3.05, 3.63) is 11.8 Å². The first kappa shape index (κ1) is 13.1. The average Bonchev–Trinajstić information content (AvgIpc) is 2.86. The van der Waals surface area contributed by atoms with Gasteiger partial charge in [-0.15, -0.1) is 10.2 Å². The monoisotopic (exact) mass is 265 g/mol. The van der Waals surface area contributed by atoms with Gasteiger partial charge in [-0.3, -0.25) is 4.90 Å². The molecule has 0 amide bonds. The van der Waals surface area contributed by atoms with Crippen LogP contribution in [0.15, 0.2) is 4.42 Å². The van der Waals surface area contributed by atoms with Crippen LogP contribution in [-0.4, -0.2) is 45.4 Å². The quantitative estimate of drug-likeness (QED) is 0.884. The SMILES string of the molecule is Cc1nnc(C2CCN([C@@H]3CCCC[C@@H]3O)CC2)o1. The predicted molar refractivity (Wildman–Crippen MR) is 70.8 cm³/mol. The minimum Gasteiger partial charge on any atom is -0.425 e. The molecule has 1 N–H and O–H groups in total. The zero-order chi connectivity index (χ0) is 13.2. The van der Waals surface area contributed by atoms with E-state index in [-0.39, 0.29) is 6.10 Å². The summed E-state index contributed by atoms with van der Waals surface area (Å²) in [5.74, 6) is 1.85. The molecule has 106 valence electrons. The van der Waals surface area contributed by atoms with E-state index in [1.54, 1.807) is 0 Å². The summed E-state index contributed by atoms with van der Waals surface area (Å²) in [6.45, 7) is 3.91. The lowest BCUT2D eigenvalue weighted by molar-refractivity contribution is 0.00753. The molecule has 0 radical (unpaired) electrons. The molecule has 2 aliphatic rings. The Bertz CT molecular complexity index is 413. The van der Waals surface area contributed by atoms with E-state index in [2.05, 4.69) is 15.1 Å². The molecule has 1 saturated heterocycles. The standard InChI is InChI=1S/C14H23N3O2/c1-10-15-16-14(19-10)11-6-8-17(9-7-11)12-4-2-3-5-13(12)18/h11-13,18H,2-9H2,1H3/t12-,13+/m1/s1. The van der Waals surface area contributed by atoms with Crippen LogP contribution in [-0.2, 0) is 0 Å². The summed E-state index contributed by atoms with van der Waals surface area (Å²) >= 11 is 0. The second-order valence-electron chi connectivity index (χ2n) is 5.89.